The number of hydrogen-bond donors (Lipinski definition) is 1. The Morgan fingerprint density at radius 3 is 2.94 bits per heavy atom. The van der Waals surface area contributed by atoms with Crippen LogP contribution in [-0.2, 0) is 17.6 Å². The molecule has 1 aliphatic carbocycles. The van der Waals surface area contributed by atoms with Gasteiger partial charge in [-0.05, 0) is 61.6 Å². The molecule has 0 spiro atoms. The minimum Gasteiger partial charge on any atom is -0.378 e. The maximum absolute atomic E-state index is 6.31. The van der Waals surface area contributed by atoms with Gasteiger partial charge in [-0.1, -0.05) is 18.2 Å². The van der Waals surface area contributed by atoms with Crippen molar-refractivity contribution in [3.05, 3.63) is 34.9 Å². The van der Waals surface area contributed by atoms with E-state index in [4.69, 9.17) is 10.5 Å². The molecule has 0 radical (unpaired) electrons. The van der Waals surface area contributed by atoms with Gasteiger partial charge in [-0.15, -0.1) is 0 Å². The molecule has 2 heteroatoms. The Kier molecular flexibility index (Phi) is 3.67. The smallest absolute Gasteiger partial charge is 0.0576 e. The lowest BCUT2D eigenvalue weighted by molar-refractivity contribution is 0.101. The lowest BCUT2D eigenvalue weighted by Gasteiger charge is -2.16. The summed E-state index contributed by atoms with van der Waals surface area (Å²) in [6, 6.07) is 7.02. The van der Waals surface area contributed by atoms with Gasteiger partial charge >= 0.3 is 0 Å². The summed E-state index contributed by atoms with van der Waals surface area (Å²) in [6.07, 6.45) is 8.86. The molecule has 1 saturated heterocycles. The summed E-state index contributed by atoms with van der Waals surface area (Å²) in [5, 5.41) is 0. The first-order valence-corrected chi connectivity index (χ1v) is 7.32. The highest BCUT2D eigenvalue weighted by Gasteiger charge is 2.18. The Morgan fingerprint density at radius 2 is 2.11 bits per heavy atom. The largest absolute Gasteiger partial charge is 0.378 e. The fourth-order valence-electron chi connectivity index (χ4n) is 3.23. The normalized spacial score (nSPS) is 24.2. The zero-order valence-electron chi connectivity index (χ0n) is 11.0. The molecule has 2 N–H and O–H groups in total. The third-order valence-corrected chi connectivity index (χ3v) is 4.37. The Bertz CT molecular complexity index is 410. The first kappa shape index (κ1) is 12.2. The minimum atomic E-state index is 0.181. The van der Waals surface area contributed by atoms with Crippen molar-refractivity contribution in [2.75, 3.05) is 6.61 Å². The molecule has 1 aromatic rings. The van der Waals surface area contributed by atoms with Gasteiger partial charge in [-0.2, -0.15) is 0 Å². The van der Waals surface area contributed by atoms with Crippen molar-refractivity contribution in [1.29, 1.82) is 0 Å². The maximum atomic E-state index is 6.31. The average Bonchev–Trinajstić information content (AvgIpc) is 3.05. The van der Waals surface area contributed by atoms with E-state index in [1.807, 2.05) is 0 Å². The molecule has 1 fully saturated rings. The first-order valence-electron chi connectivity index (χ1n) is 7.32. The van der Waals surface area contributed by atoms with Crippen LogP contribution in [-0.4, -0.2) is 12.7 Å². The molecule has 3 rings (SSSR count). The van der Waals surface area contributed by atoms with Gasteiger partial charge in [-0.3, -0.25) is 0 Å². The second kappa shape index (κ2) is 5.41. The van der Waals surface area contributed by atoms with Crippen molar-refractivity contribution >= 4 is 0 Å². The molecule has 2 atom stereocenters. The Morgan fingerprint density at radius 1 is 1.22 bits per heavy atom. The van der Waals surface area contributed by atoms with E-state index in [0.717, 1.165) is 19.4 Å². The lowest BCUT2D eigenvalue weighted by Crippen LogP contribution is -2.14. The van der Waals surface area contributed by atoms with Crippen LogP contribution in [0.15, 0.2) is 18.2 Å². The molecule has 2 nitrogen and oxygen atoms in total. The summed E-state index contributed by atoms with van der Waals surface area (Å²) in [4.78, 5) is 0. The van der Waals surface area contributed by atoms with Gasteiger partial charge in [0.1, 0.15) is 0 Å². The van der Waals surface area contributed by atoms with Gasteiger partial charge in [-0.25, -0.2) is 0 Å². The maximum Gasteiger partial charge on any atom is 0.0576 e. The third kappa shape index (κ3) is 2.60. The van der Waals surface area contributed by atoms with E-state index in [-0.39, 0.29) is 6.04 Å². The molecule has 2 unspecified atom stereocenters. The predicted octanol–water partition coefficient (Wildman–Crippen LogP) is 3.13. The van der Waals surface area contributed by atoms with Gasteiger partial charge in [0.25, 0.3) is 0 Å². The number of hydrogen-bond acceptors (Lipinski definition) is 2. The minimum absolute atomic E-state index is 0.181. The van der Waals surface area contributed by atoms with Crippen molar-refractivity contribution in [3.8, 4) is 0 Å². The summed E-state index contributed by atoms with van der Waals surface area (Å²) >= 11 is 0. The van der Waals surface area contributed by atoms with Crippen molar-refractivity contribution in [3.63, 3.8) is 0 Å². The molecule has 0 bridgehead atoms. The molecule has 1 aliphatic heterocycles. The van der Waals surface area contributed by atoms with E-state index >= 15 is 0 Å². The van der Waals surface area contributed by atoms with Crippen LogP contribution in [0.25, 0.3) is 0 Å². The molecule has 0 aromatic heterocycles. The van der Waals surface area contributed by atoms with Crippen LogP contribution in [0, 0.1) is 0 Å². The standard InChI is InChI=1S/C16H23NO/c17-16(9-8-15-5-2-10-18-15)14-7-6-12-3-1-4-13(12)11-14/h6-7,11,15-16H,1-5,8-10,17H2. The predicted molar refractivity (Wildman–Crippen MR) is 73.6 cm³/mol. The number of benzene rings is 1. The Labute approximate surface area is 110 Å². The van der Waals surface area contributed by atoms with E-state index in [1.54, 1.807) is 0 Å². The topological polar surface area (TPSA) is 35.2 Å². The average molecular weight is 245 g/mol. The van der Waals surface area contributed by atoms with Crippen LogP contribution < -0.4 is 5.73 Å². The number of fused-ring (bicyclic) bond motifs is 1. The van der Waals surface area contributed by atoms with Gasteiger partial charge < -0.3 is 10.5 Å². The zero-order valence-corrected chi connectivity index (χ0v) is 11.0. The molecular formula is C16H23NO. The molecule has 1 aromatic carbocycles. The Hall–Kier alpha value is -0.860. The van der Waals surface area contributed by atoms with Crippen LogP contribution in [0.2, 0.25) is 0 Å². The van der Waals surface area contributed by atoms with E-state index < -0.39 is 0 Å². The number of aryl methyl sites for hydroxylation is 2. The van der Waals surface area contributed by atoms with E-state index in [1.165, 1.54) is 48.8 Å². The highest BCUT2D eigenvalue weighted by Crippen LogP contribution is 2.27. The van der Waals surface area contributed by atoms with Crippen LogP contribution in [0.5, 0.6) is 0 Å². The summed E-state index contributed by atoms with van der Waals surface area (Å²) in [5.41, 5.74) is 10.7. The summed E-state index contributed by atoms with van der Waals surface area (Å²) in [5.74, 6) is 0. The fraction of sp³-hybridized carbons (Fsp3) is 0.625. The number of rotatable bonds is 4. The van der Waals surface area contributed by atoms with Gasteiger partial charge in [0.2, 0.25) is 0 Å². The van der Waals surface area contributed by atoms with E-state index in [9.17, 15) is 0 Å². The van der Waals surface area contributed by atoms with E-state index in [2.05, 4.69) is 18.2 Å². The second-order valence-corrected chi connectivity index (χ2v) is 5.70. The van der Waals surface area contributed by atoms with Crippen LogP contribution in [0.4, 0.5) is 0 Å². The van der Waals surface area contributed by atoms with Crippen molar-refractivity contribution < 1.29 is 4.74 Å². The third-order valence-electron chi connectivity index (χ3n) is 4.37. The molecule has 0 saturated carbocycles. The Balaban J connectivity index is 1.59. The fourth-order valence-corrected chi connectivity index (χ4v) is 3.23. The van der Waals surface area contributed by atoms with Crippen LogP contribution in [0.1, 0.15) is 54.8 Å². The SMILES string of the molecule is NC(CCC1CCCO1)c1ccc2c(c1)CCC2. The van der Waals surface area contributed by atoms with Gasteiger partial charge in [0.05, 0.1) is 6.10 Å². The molecule has 2 aliphatic rings. The van der Waals surface area contributed by atoms with Crippen molar-refractivity contribution in [2.45, 2.75) is 57.1 Å². The summed E-state index contributed by atoms with van der Waals surface area (Å²) in [7, 11) is 0. The highest BCUT2D eigenvalue weighted by atomic mass is 16.5. The summed E-state index contributed by atoms with van der Waals surface area (Å²) in [6.45, 7) is 0.943. The molecule has 98 valence electrons. The highest BCUT2D eigenvalue weighted by molar-refractivity contribution is 5.36. The van der Waals surface area contributed by atoms with E-state index in [0.29, 0.717) is 6.10 Å². The monoisotopic (exact) mass is 245 g/mol. The van der Waals surface area contributed by atoms with Gasteiger partial charge in [0, 0.05) is 12.6 Å². The zero-order chi connectivity index (χ0) is 12.4. The molecular weight excluding hydrogens is 222 g/mol. The van der Waals surface area contributed by atoms with Crippen LogP contribution in [0.3, 0.4) is 0 Å². The quantitative estimate of drug-likeness (QED) is 0.884. The van der Waals surface area contributed by atoms with Crippen LogP contribution >= 0.6 is 0 Å². The lowest BCUT2D eigenvalue weighted by atomic mass is 9.97. The first-order chi connectivity index (χ1) is 8.83. The molecule has 18 heavy (non-hydrogen) atoms. The van der Waals surface area contributed by atoms with Crippen molar-refractivity contribution in [1.82, 2.24) is 0 Å². The number of nitrogens with two attached hydrogens (primary N) is 1. The van der Waals surface area contributed by atoms with Crippen molar-refractivity contribution in [2.24, 2.45) is 5.73 Å². The summed E-state index contributed by atoms with van der Waals surface area (Å²) < 4.78 is 5.66. The second-order valence-electron chi connectivity index (χ2n) is 5.70. The molecule has 1 heterocycles. The van der Waals surface area contributed by atoms with Gasteiger partial charge in [0.15, 0.2) is 0 Å². The number of ether oxygens (including phenoxy) is 1. The molecule has 0 amide bonds.